The fourth-order valence-corrected chi connectivity index (χ4v) is 4.02. The van der Waals surface area contributed by atoms with E-state index in [0.29, 0.717) is 22.4 Å². The lowest BCUT2D eigenvalue weighted by atomic mass is 10.1. The van der Waals surface area contributed by atoms with E-state index in [1.165, 1.54) is 6.33 Å². The minimum Gasteiger partial charge on any atom is -0.479 e. The number of fused-ring (bicyclic) bond motifs is 2. The van der Waals surface area contributed by atoms with E-state index >= 15 is 0 Å². The van der Waals surface area contributed by atoms with Gasteiger partial charge in [0.15, 0.2) is 10.7 Å². The highest BCUT2D eigenvalue weighted by Gasteiger charge is 2.18. The Morgan fingerprint density at radius 2 is 2.10 bits per heavy atom. The second kappa shape index (κ2) is 7.06. The van der Waals surface area contributed by atoms with E-state index in [1.807, 2.05) is 29.8 Å². The minimum absolute atomic E-state index is 0.279. The molecule has 152 valence electrons. The number of aromatic nitrogens is 8. The third kappa shape index (κ3) is 2.96. The molecule has 0 aliphatic heterocycles. The van der Waals surface area contributed by atoms with Crippen molar-refractivity contribution in [2.75, 3.05) is 7.11 Å². The van der Waals surface area contributed by atoms with Crippen LogP contribution in [-0.2, 0) is 6.54 Å². The van der Waals surface area contributed by atoms with E-state index in [-0.39, 0.29) is 11.6 Å². The molecule has 0 fully saturated rings. The number of imidazole rings is 1. The first-order chi connectivity index (χ1) is 14.5. The number of methoxy groups -OCH3 is 1. The fraction of sp³-hybridized carbons (Fsp3) is 0.222. The van der Waals surface area contributed by atoms with Crippen LogP contribution in [0.15, 0.2) is 30.9 Å². The number of nitrogens with zero attached hydrogens (tertiary/aromatic N) is 8. The second-order valence-corrected chi connectivity index (χ2v) is 7.53. The van der Waals surface area contributed by atoms with Crippen molar-refractivity contribution in [3.63, 3.8) is 0 Å². The van der Waals surface area contributed by atoms with E-state index < -0.39 is 6.43 Å². The van der Waals surface area contributed by atoms with Crippen LogP contribution in [0.25, 0.3) is 27.8 Å². The van der Waals surface area contributed by atoms with Crippen molar-refractivity contribution < 1.29 is 13.5 Å². The Morgan fingerprint density at radius 3 is 2.87 bits per heavy atom. The fourth-order valence-electron chi connectivity index (χ4n) is 3.33. The molecule has 30 heavy (non-hydrogen) atoms. The lowest BCUT2D eigenvalue weighted by molar-refractivity contribution is 0.150. The van der Waals surface area contributed by atoms with Crippen molar-refractivity contribution >= 4 is 28.0 Å². The molecule has 12 heteroatoms. The SMILES string of the molecule is COc1ncnn2ccc(-c3cnc4nc(C)n(Cc5nnc(C(F)F)s5)c4c3)c12. The van der Waals surface area contributed by atoms with Crippen molar-refractivity contribution in [1.29, 1.82) is 0 Å². The summed E-state index contributed by atoms with van der Waals surface area (Å²) in [5.41, 5.74) is 3.71. The van der Waals surface area contributed by atoms with Crippen molar-refractivity contribution in [3.8, 4) is 17.0 Å². The van der Waals surface area contributed by atoms with Gasteiger partial charge in [-0.05, 0) is 19.1 Å². The van der Waals surface area contributed by atoms with E-state index in [2.05, 4.69) is 30.2 Å². The molecule has 0 unspecified atom stereocenters. The first-order valence-electron chi connectivity index (χ1n) is 8.85. The lowest BCUT2D eigenvalue weighted by Gasteiger charge is -2.06. The maximum absolute atomic E-state index is 12.8. The van der Waals surface area contributed by atoms with Gasteiger partial charge in [0.05, 0.1) is 19.2 Å². The Bertz CT molecular complexity index is 1380. The molecule has 0 N–H and O–H groups in total. The smallest absolute Gasteiger partial charge is 0.291 e. The summed E-state index contributed by atoms with van der Waals surface area (Å²) in [5, 5.41) is 11.8. The van der Waals surface area contributed by atoms with Crippen LogP contribution in [0.2, 0.25) is 0 Å². The molecule has 9 nitrogen and oxygen atoms in total. The van der Waals surface area contributed by atoms with Gasteiger partial charge in [-0.15, -0.1) is 10.2 Å². The van der Waals surface area contributed by atoms with Crippen molar-refractivity contribution in [1.82, 2.24) is 39.3 Å². The molecular formula is C18H14F2N8OS. The zero-order valence-corrected chi connectivity index (χ0v) is 16.6. The van der Waals surface area contributed by atoms with Gasteiger partial charge in [-0.25, -0.2) is 23.3 Å². The third-order valence-corrected chi connectivity index (χ3v) is 5.60. The molecule has 0 atom stereocenters. The van der Waals surface area contributed by atoms with Crippen LogP contribution in [0.4, 0.5) is 8.78 Å². The number of alkyl halides is 2. The lowest BCUT2D eigenvalue weighted by Crippen LogP contribution is -2.02. The monoisotopic (exact) mass is 428 g/mol. The summed E-state index contributed by atoms with van der Waals surface area (Å²) in [6.07, 6.45) is 2.33. The van der Waals surface area contributed by atoms with Crippen molar-refractivity contribution in [2.24, 2.45) is 0 Å². The largest absolute Gasteiger partial charge is 0.479 e. The normalized spacial score (nSPS) is 11.8. The quantitative estimate of drug-likeness (QED) is 0.424. The van der Waals surface area contributed by atoms with Gasteiger partial charge in [0.1, 0.15) is 22.7 Å². The second-order valence-electron chi connectivity index (χ2n) is 6.44. The summed E-state index contributed by atoms with van der Waals surface area (Å²) in [6, 6.07) is 3.85. The van der Waals surface area contributed by atoms with Crippen molar-refractivity contribution in [2.45, 2.75) is 19.9 Å². The maximum atomic E-state index is 12.8. The summed E-state index contributed by atoms with van der Waals surface area (Å²) >= 11 is 0.888. The molecule has 0 saturated heterocycles. The molecular weight excluding hydrogens is 414 g/mol. The Kier molecular flexibility index (Phi) is 4.35. The number of hydrogen-bond donors (Lipinski definition) is 0. The molecule has 5 aromatic rings. The molecule has 5 heterocycles. The summed E-state index contributed by atoms with van der Waals surface area (Å²) in [4.78, 5) is 13.1. The van der Waals surface area contributed by atoms with Gasteiger partial charge < -0.3 is 9.30 Å². The average Bonchev–Trinajstić information content (AvgIpc) is 3.45. The van der Waals surface area contributed by atoms with E-state index in [0.717, 1.165) is 33.5 Å². The van der Waals surface area contributed by atoms with Gasteiger partial charge in [-0.2, -0.15) is 10.1 Å². The summed E-state index contributed by atoms with van der Waals surface area (Å²) in [5.74, 6) is 1.15. The zero-order chi connectivity index (χ0) is 20.8. The highest BCUT2D eigenvalue weighted by Crippen LogP contribution is 2.32. The highest BCUT2D eigenvalue weighted by molar-refractivity contribution is 7.11. The number of halogens is 2. The van der Waals surface area contributed by atoms with Crippen LogP contribution in [0.5, 0.6) is 5.88 Å². The minimum atomic E-state index is -2.63. The predicted octanol–water partition coefficient (Wildman–Crippen LogP) is 3.30. The number of rotatable bonds is 5. The predicted molar refractivity (Wildman–Crippen MR) is 105 cm³/mol. The summed E-state index contributed by atoms with van der Waals surface area (Å²) < 4.78 is 34.6. The number of aryl methyl sites for hydroxylation is 1. The summed E-state index contributed by atoms with van der Waals surface area (Å²) in [6.45, 7) is 2.11. The standard InChI is InChI=1S/C18H14F2N8OS/c1-9-24-16-12(27(9)7-13-25-26-18(30-13)15(19)20)5-10(6-21-16)11-3-4-28-14(11)17(29-2)22-8-23-28/h3-6,8,15H,7H2,1-2H3. The molecule has 0 bridgehead atoms. The van der Waals surface area contributed by atoms with E-state index in [1.54, 1.807) is 17.8 Å². The van der Waals surface area contributed by atoms with Crippen LogP contribution < -0.4 is 4.74 Å². The molecule has 0 amide bonds. The number of hydrogen-bond acceptors (Lipinski definition) is 8. The molecule has 5 rings (SSSR count). The molecule has 0 spiro atoms. The van der Waals surface area contributed by atoms with Crippen LogP contribution in [0.1, 0.15) is 22.3 Å². The van der Waals surface area contributed by atoms with E-state index in [4.69, 9.17) is 4.74 Å². The van der Waals surface area contributed by atoms with Crippen LogP contribution in [0, 0.1) is 6.92 Å². The van der Waals surface area contributed by atoms with Crippen LogP contribution in [-0.4, -0.2) is 46.4 Å². The topological polar surface area (TPSA) is 95.9 Å². The van der Waals surface area contributed by atoms with E-state index in [9.17, 15) is 8.78 Å². The molecule has 0 saturated carbocycles. The van der Waals surface area contributed by atoms with Crippen LogP contribution >= 0.6 is 11.3 Å². The Labute approximate surface area is 172 Å². The van der Waals surface area contributed by atoms with Gasteiger partial charge in [0, 0.05) is 23.5 Å². The highest BCUT2D eigenvalue weighted by atomic mass is 32.1. The zero-order valence-electron chi connectivity index (χ0n) is 15.8. The summed E-state index contributed by atoms with van der Waals surface area (Å²) in [7, 11) is 1.55. The molecule has 5 aromatic heterocycles. The molecule has 0 radical (unpaired) electrons. The Balaban J connectivity index is 1.62. The first kappa shape index (κ1) is 18.5. The Hall–Kier alpha value is -3.54. The van der Waals surface area contributed by atoms with Gasteiger partial charge in [0.25, 0.3) is 6.43 Å². The average molecular weight is 428 g/mol. The van der Waals surface area contributed by atoms with Gasteiger partial charge >= 0.3 is 0 Å². The third-order valence-electron chi connectivity index (χ3n) is 4.68. The van der Waals surface area contributed by atoms with Gasteiger partial charge in [-0.3, -0.25) is 0 Å². The number of pyridine rings is 1. The van der Waals surface area contributed by atoms with Crippen molar-refractivity contribution in [3.05, 3.63) is 46.7 Å². The van der Waals surface area contributed by atoms with Crippen LogP contribution in [0.3, 0.4) is 0 Å². The molecule has 0 aliphatic rings. The van der Waals surface area contributed by atoms with Gasteiger partial charge in [0.2, 0.25) is 5.88 Å². The molecule has 0 aliphatic carbocycles. The number of ether oxygens (including phenoxy) is 1. The van der Waals surface area contributed by atoms with Gasteiger partial charge in [-0.1, -0.05) is 11.3 Å². The Morgan fingerprint density at radius 1 is 1.23 bits per heavy atom. The molecule has 0 aromatic carbocycles. The maximum Gasteiger partial charge on any atom is 0.291 e. The first-order valence-corrected chi connectivity index (χ1v) is 9.67.